The van der Waals surface area contributed by atoms with Crippen LogP contribution in [0, 0.1) is 6.92 Å². The van der Waals surface area contributed by atoms with Gasteiger partial charge >= 0.3 is 0 Å². The van der Waals surface area contributed by atoms with Gasteiger partial charge in [0.25, 0.3) is 0 Å². The maximum Gasteiger partial charge on any atom is 0.158 e. The van der Waals surface area contributed by atoms with Gasteiger partial charge < -0.3 is 10.1 Å². The van der Waals surface area contributed by atoms with Crippen molar-refractivity contribution in [2.75, 3.05) is 13.1 Å². The molecule has 2 fully saturated rings. The van der Waals surface area contributed by atoms with Crippen LogP contribution in [0.2, 0.25) is 0 Å². The van der Waals surface area contributed by atoms with Crippen LogP contribution < -0.4 is 0 Å². The van der Waals surface area contributed by atoms with Gasteiger partial charge in [-0.1, -0.05) is 13.8 Å². The summed E-state index contributed by atoms with van der Waals surface area (Å²) in [6, 6.07) is 0.651. The van der Waals surface area contributed by atoms with Crippen LogP contribution in [-0.4, -0.2) is 54.3 Å². The number of hydrogen-bond donors (Lipinski definition) is 2. The van der Waals surface area contributed by atoms with Gasteiger partial charge in [0.2, 0.25) is 0 Å². The number of likely N-dealkylation sites (tertiary alicyclic amines) is 1. The minimum atomic E-state index is -0.469. The van der Waals surface area contributed by atoms with E-state index in [1.165, 1.54) is 75.8 Å². The van der Waals surface area contributed by atoms with Crippen LogP contribution in [0.5, 0.6) is 0 Å². The quantitative estimate of drug-likeness (QED) is 0.361. The first-order valence-electron chi connectivity index (χ1n) is 13.8. The zero-order valence-electron chi connectivity index (χ0n) is 21.9. The van der Waals surface area contributed by atoms with Crippen LogP contribution in [0.1, 0.15) is 91.8 Å². The molecule has 5 heterocycles. The second kappa shape index (κ2) is 8.14. The lowest BCUT2D eigenvalue weighted by Gasteiger charge is -2.50. The van der Waals surface area contributed by atoms with Crippen LogP contribution in [0.25, 0.3) is 27.1 Å². The van der Waals surface area contributed by atoms with Gasteiger partial charge in [0, 0.05) is 46.7 Å². The van der Waals surface area contributed by atoms with Crippen LogP contribution in [0.15, 0.2) is 12.5 Å². The molecule has 0 atom stereocenters. The number of fused-ring (bicyclic) bond motifs is 4. The van der Waals surface area contributed by atoms with Crippen molar-refractivity contribution in [1.29, 1.82) is 0 Å². The van der Waals surface area contributed by atoms with Gasteiger partial charge in [-0.15, -0.1) is 11.3 Å². The van der Waals surface area contributed by atoms with Gasteiger partial charge in [-0.2, -0.15) is 5.10 Å². The number of nitrogens with zero attached hydrogens (tertiary/aromatic N) is 4. The number of rotatable bonds is 4. The van der Waals surface area contributed by atoms with Crippen LogP contribution >= 0.6 is 11.3 Å². The number of H-pyrrole nitrogens is 1. The molecule has 4 aromatic heterocycles. The molecule has 2 aliphatic carbocycles. The molecular formula is C29H37N5OS. The minimum Gasteiger partial charge on any atom is -0.388 e. The molecule has 7 heteroatoms. The van der Waals surface area contributed by atoms with E-state index in [1.807, 2.05) is 22.8 Å². The third-order valence-electron chi connectivity index (χ3n) is 9.12. The highest BCUT2D eigenvalue weighted by Gasteiger charge is 2.41. The van der Waals surface area contributed by atoms with Gasteiger partial charge in [0.1, 0.15) is 11.2 Å². The summed E-state index contributed by atoms with van der Waals surface area (Å²) in [5.41, 5.74) is 8.99. The summed E-state index contributed by atoms with van der Waals surface area (Å²) in [7, 11) is 0. The van der Waals surface area contributed by atoms with E-state index in [1.54, 1.807) is 11.2 Å². The second-order valence-corrected chi connectivity index (χ2v) is 13.2. The molecule has 3 aliphatic rings. The number of thiophene rings is 1. The van der Waals surface area contributed by atoms with Crippen molar-refractivity contribution in [2.24, 2.45) is 0 Å². The van der Waals surface area contributed by atoms with Crippen molar-refractivity contribution in [2.45, 2.75) is 96.1 Å². The molecule has 0 amide bonds. The molecule has 0 aromatic carbocycles. The molecule has 0 bridgehead atoms. The number of β-amino-alcohol motifs (C(OH)–C–C–N with tert-alkyl or cyclic N) is 1. The SMILES string of the molecule is Cc1c(C2CCC(N3CC(C)(O)C3)CC2)sc2[nH]c(-c3cn4ncnc4c4c3CCC4)c(C(C)C)c12. The van der Waals surface area contributed by atoms with E-state index in [-0.39, 0.29) is 0 Å². The fraction of sp³-hybridized carbons (Fsp3) is 0.586. The fourth-order valence-corrected chi connectivity index (χ4v) is 8.88. The molecular weight excluding hydrogens is 466 g/mol. The van der Waals surface area contributed by atoms with Crippen molar-refractivity contribution in [3.05, 3.63) is 39.7 Å². The van der Waals surface area contributed by atoms with E-state index in [0.29, 0.717) is 17.9 Å². The molecule has 2 N–H and O–H groups in total. The number of aryl methyl sites for hydroxylation is 2. The summed E-state index contributed by atoms with van der Waals surface area (Å²) in [4.78, 5) is 13.9. The van der Waals surface area contributed by atoms with E-state index in [0.717, 1.165) is 31.6 Å². The maximum absolute atomic E-state index is 10.2. The molecule has 190 valence electrons. The zero-order chi connectivity index (χ0) is 24.8. The zero-order valence-corrected chi connectivity index (χ0v) is 22.7. The van der Waals surface area contributed by atoms with Crippen molar-refractivity contribution in [1.82, 2.24) is 24.5 Å². The lowest BCUT2D eigenvalue weighted by Crippen LogP contribution is -2.63. The first kappa shape index (κ1) is 22.9. The summed E-state index contributed by atoms with van der Waals surface area (Å²) in [6.07, 6.45) is 12.3. The first-order valence-corrected chi connectivity index (χ1v) is 14.6. The summed E-state index contributed by atoms with van der Waals surface area (Å²) in [5, 5.41) is 16.1. The Morgan fingerprint density at radius 1 is 1.14 bits per heavy atom. The Hall–Kier alpha value is -2.22. The van der Waals surface area contributed by atoms with Gasteiger partial charge in [-0.25, -0.2) is 9.50 Å². The van der Waals surface area contributed by atoms with E-state index in [4.69, 9.17) is 0 Å². The largest absolute Gasteiger partial charge is 0.388 e. The normalized spacial score (nSPS) is 24.2. The lowest BCUT2D eigenvalue weighted by molar-refractivity contribution is -0.107. The highest BCUT2D eigenvalue weighted by Crippen LogP contribution is 2.48. The average Bonchev–Trinajstić information content (AvgIpc) is 3.60. The monoisotopic (exact) mass is 503 g/mol. The molecule has 36 heavy (non-hydrogen) atoms. The Balaban J connectivity index is 1.24. The standard InChI is InChI=1S/C29H37N5OS/c1-16(2)23-24-17(3)26(18-8-10-19(11-9-18)33-13-29(4,35)14-33)36-28(24)32-25(23)22-12-34-27(30-15-31-34)21-7-5-6-20(21)22/h12,15-16,18-19,32,35H,5-11,13-14H2,1-4H3. The van der Waals surface area contributed by atoms with Crippen LogP contribution in [0.3, 0.4) is 0 Å². The predicted octanol–water partition coefficient (Wildman–Crippen LogP) is 5.95. The Labute approximate surface area is 216 Å². The van der Waals surface area contributed by atoms with Crippen LogP contribution in [-0.2, 0) is 12.8 Å². The summed E-state index contributed by atoms with van der Waals surface area (Å²) < 4.78 is 1.98. The number of aliphatic hydroxyl groups is 1. The number of hydrogen-bond acceptors (Lipinski definition) is 5. The Kier molecular flexibility index (Phi) is 5.19. The molecule has 1 aliphatic heterocycles. The van der Waals surface area contributed by atoms with Crippen molar-refractivity contribution in [3.63, 3.8) is 0 Å². The summed E-state index contributed by atoms with van der Waals surface area (Å²) in [5.74, 6) is 1.10. The Bertz CT molecular complexity index is 1460. The smallest absolute Gasteiger partial charge is 0.158 e. The minimum absolute atomic E-state index is 0.438. The molecule has 0 spiro atoms. The fourth-order valence-electron chi connectivity index (χ4n) is 7.48. The topological polar surface area (TPSA) is 69.5 Å². The van der Waals surface area contributed by atoms with E-state index >= 15 is 0 Å². The molecule has 6 nitrogen and oxygen atoms in total. The van der Waals surface area contributed by atoms with Crippen LogP contribution in [0.4, 0.5) is 0 Å². The summed E-state index contributed by atoms with van der Waals surface area (Å²) in [6.45, 7) is 10.7. The molecule has 7 rings (SSSR count). The molecule has 0 radical (unpaired) electrons. The number of aromatic nitrogens is 4. The molecule has 0 unspecified atom stereocenters. The van der Waals surface area contributed by atoms with Crippen molar-refractivity contribution in [3.8, 4) is 11.3 Å². The number of aromatic amines is 1. The maximum atomic E-state index is 10.2. The van der Waals surface area contributed by atoms with Crippen molar-refractivity contribution >= 4 is 27.2 Å². The van der Waals surface area contributed by atoms with Gasteiger partial charge in [0.05, 0.1) is 11.3 Å². The van der Waals surface area contributed by atoms with Crippen molar-refractivity contribution < 1.29 is 5.11 Å². The molecule has 1 saturated carbocycles. The number of pyridine rings is 1. The molecule has 4 aromatic rings. The summed E-state index contributed by atoms with van der Waals surface area (Å²) >= 11 is 2.00. The number of nitrogens with one attached hydrogen (secondary N) is 1. The highest BCUT2D eigenvalue weighted by molar-refractivity contribution is 7.19. The highest BCUT2D eigenvalue weighted by atomic mass is 32.1. The van der Waals surface area contributed by atoms with Gasteiger partial charge in [-0.05, 0) is 87.3 Å². The van der Waals surface area contributed by atoms with Gasteiger partial charge in [0.15, 0.2) is 5.65 Å². The van der Waals surface area contributed by atoms with E-state index in [9.17, 15) is 5.11 Å². The predicted molar refractivity (Wildman–Crippen MR) is 146 cm³/mol. The van der Waals surface area contributed by atoms with Gasteiger partial charge in [-0.3, -0.25) is 4.90 Å². The lowest BCUT2D eigenvalue weighted by atomic mass is 9.81. The second-order valence-electron chi connectivity index (χ2n) is 12.2. The van der Waals surface area contributed by atoms with E-state index < -0.39 is 5.60 Å². The Morgan fingerprint density at radius 3 is 2.61 bits per heavy atom. The molecule has 1 saturated heterocycles. The third-order valence-corrected chi connectivity index (χ3v) is 10.5. The first-order chi connectivity index (χ1) is 17.3. The van der Waals surface area contributed by atoms with E-state index in [2.05, 4.69) is 46.9 Å². The Morgan fingerprint density at radius 2 is 1.89 bits per heavy atom. The third kappa shape index (κ3) is 3.42. The average molecular weight is 504 g/mol.